The molecule has 0 spiro atoms. The van der Waals surface area contributed by atoms with E-state index in [0.29, 0.717) is 38.0 Å². The van der Waals surface area contributed by atoms with Gasteiger partial charge in [0.15, 0.2) is 0 Å². The van der Waals surface area contributed by atoms with E-state index in [1.54, 1.807) is 32.4 Å². The third kappa shape index (κ3) is 6.46. The number of carbonyl (C=O) groups is 1. The van der Waals surface area contributed by atoms with Gasteiger partial charge < -0.3 is 14.8 Å². The van der Waals surface area contributed by atoms with Gasteiger partial charge in [0.05, 0.1) is 24.3 Å². The van der Waals surface area contributed by atoms with E-state index in [2.05, 4.69) is 15.5 Å². The van der Waals surface area contributed by atoms with E-state index in [-0.39, 0.29) is 12.3 Å². The Morgan fingerprint density at radius 3 is 2.03 bits per heavy atom. The van der Waals surface area contributed by atoms with Crippen molar-refractivity contribution in [2.75, 3.05) is 25.3 Å². The lowest BCUT2D eigenvalue weighted by Gasteiger charge is -2.11. The fraction of sp³-hybridized carbons (Fsp3) is 0.154. The summed E-state index contributed by atoms with van der Waals surface area (Å²) in [5.74, 6) is 1.81. The van der Waals surface area contributed by atoms with Crippen LogP contribution in [0, 0.1) is 0 Å². The first-order valence-electron chi connectivity index (χ1n) is 10.9. The van der Waals surface area contributed by atoms with Crippen LogP contribution < -0.4 is 14.8 Å². The quantitative estimate of drug-likeness (QED) is 0.238. The van der Waals surface area contributed by atoms with Crippen molar-refractivity contribution in [3.05, 3.63) is 76.8 Å². The van der Waals surface area contributed by atoms with Gasteiger partial charge in [0.2, 0.25) is 11.1 Å². The highest BCUT2D eigenvalue weighted by Crippen LogP contribution is 2.32. The van der Waals surface area contributed by atoms with Gasteiger partial charge in [0.25, 0.3) is 0 Å². The van der Waals surface area contributed by atoms with Crippen molar-refractivity contribution < 1.29 is 14.3 Å². The van der Waals surface area contributed by atoms with E-state index in [9.17, 15) is 4.79 Å². The van der Waals surface area contributed by atoms with Crippen molar-refractivity contribution in [2.24, 2.45) is 0 Å². The van der Waals surface area contributed by atoms with E-state index >= 15 is 0 Å². The number of methoxy groups -OCH3 is 2. The number of nitrogens with one attached hydrogen (secondary N) is 1. The van der Waals surface area contributed by atoms with Gasteiger partial charge in [0.1, 0.15) is 22.9 Å². The summed E-state index contributed by atoms with van der Waals surface area (Å²) in [6.45, 7) is 0. The van der Waals surface area contributed by atoms with Crippen LogP contribution in [0.1, 0.15) is 6.42 Å². The van der Waals surface area contributed by atoms with Crippen molar-refractivity contribution in [3.63, 3.8) is 0 Å². The van der Waals surface area contributed by atoms with Gasteiger partial charge in [-0.2, -0.15) is 0 Å². The first-order chi connectivity index (χ1) is 17.5. The second kappa shape index (κ2) is 12.1. The summed E-state index contributed by atoms with van der Waals surface area (Å²) in [7, 11) is 3.24. The van der Waals surface area contributed by atoms with Gasteiger partial charge in [-0.25, -0.2) is 4.98 Å². The maximum atomic E-state index is 12.4. The summed E-state index contributed by atoms with van der Waals surface area (Å²) in [6, 6.07) is 20.1. The molecule has 0 atom stereocenters. The number of amides is 1. The number of nitrogens with zero attached hydrogens (tertiary/aromatic N) is 3. The molecule has 1 N–H and O–H groups in total. The van der Waals surface area contributed by atoms with E-state index in [0.717, 1.165) is 22.6 Å². The normalized spacial score (nSPS) is 10.7. The Labute approximate surface area is 223 Å². The number of hydrogen-bond donors (Lipinski definition) is 1. The monoisotopic (exact) mass is 540 g/mol. The first kappa shape index (κ1) is 25.8. The molecule has 4 rings (SSSR count). The molecule has 0 radical (unpaired) electrons. The molecule has 0 unspecified atom stereocenters. The van der Waals surface area contributed by atoms with Crippen LogP contribution in [-0.2, 0) is 4.79 Å². The van der Waals surface area contributed by atoms with E-state index in [1.807, 2.05) is 48.5 Å². The molecule has 0 fully saturated rings. The third-order valence-electron chi connectivity index (χ3n) is 5.16. The highest BCUT2D eigenvalue weighted by Gasteiger charge is 2.15. The second-order valence-corrected chi connectivity index (χ2v) is 9.40. The predicted octanol–water partition coefficient (Wildman–Crippen LogP) is 6.65. The number of rotatable bonds is 9. The van der Waals surface area contributed by atoms with Crippen LogP contribution in [0.5, 0.6) is 11.5 Å². The Bertz CT molecular complexity index is 1350. The standard InChI is InChI=1S/C26H22Cl2N4O3S/c1-34-19-8-3-16(4-9-19)24-25(17-5-10-20(35-2)11-6-17)31-32-26(30-24)36-14-13-23(33)29-18-7-12-21(27)22(28)15-18/h3-12,15H,13-14H2,1-2H3,(H,29,33). The van der Waals surface area contributed by atoms with Crippen LogP contribution in [0.15, 0.2) is 71.9 Å². The molecule has 1 heterocycles. The fourth-order valence-corrected chi connectivity index (χ4v) is 4.32. The molecular formula is C26H22Cl2N4O3S. The summed E-state index contributed by atoms with van der Waals surface area (Å²) >= 11 is 13.3. The van der Waals surface area contributed by atoms with Crippen molar-refractivity contribution in [2.45, 2.75) is 11.6 Å². The molecular weight excluding hydrogens is 519 g/mol. The molecule has 1 amide bonds. The molecule has 0 aliphatic rings. The highest BCUT2D eigenvalue weighted by atomic mass is 35.5. The van der Waals surface area contributed by atoms with Gasteiger partial charge in [0, 0.05) is 29.0 Å². The topological polar surface area (TPSA) is 86.2 Å². The van der Waals surface area contributed by atoms with Gasteiger partial charge in [-0.15, -0.1) is 10.2 Å². The second-order valence-electron chi connectivity index (χ2n) is 7.52. The molecule has 0 saturated heterocycles. The lowest BCUT2D eigenvalue weighted by Crippen LogP contribution is -2.12. The van der Waals surface area contributed by atoms with Crippen molar-refractivity contribution in [3.8, 4) is 34.0 Å². The van der Waals surface area contributed by atoms with Crippen LogP contribution in [0.25, 0.3) is 22.5 Å². The number of aromatic nitrogens is 3. The van der Waals surface area contributed by atoms with Crippen LogP contribution in [-0.4, -0.2) is 41.1 Å². The Hall–Kier alpha value is -3.33. The predicted molar refractivity (Wildman–Crippen MR) is 144 cm³/mol. The van der Waals surface area contributed by atoms with Gasteiger partial charge in [-0.1, -0.05) is 35.0 Å². The lowest BCUT2D eigenvalue weighted by atomic mass is 10.0. The van der Waals surface area contributed by atoms with Crippen LogP contribution in [0.3, 0.4) is 0 Å². The smallest absolute Gasteiger partial charge is 0.225 e. The summed E-state index contributed by atoms with van der Waals surface area (Å²) in [5.41, 5.74) is 3.64. The number of ether oxygens (including phenoxy) is 2. The Balaban J connectivity index is 1.51. The number of anilines is 1. The minimum absolute atomic E-state index is 0.154. The number of carbonyl (C=O) groups excluding carboxylic acids is 1. The molecule has 0 saturated carbocycles. The van der Waals surface area contributed by atoms with Crippen molar-refractivity contribution in [1.29, 1.82) is 0 Å². The first-order valence-corrected chi connectivity index (χ1v) is 12.6. The molecule has 0 bridgehead atoms. The molecule has 3 aromatic carbocycles. The minimum atomic E-state index is -0.154. The maximum Gasteiger partial charge on any atom is 0.225 e. The average Bonchev–Trinajstić information content (AvgIpc) is 2.91. The molecule has 0 aliphatic carbocycles. The highest BCUT2D eigenvalue weighted by molar-refractivity contribution is 7.99. The van der Waals surface area contributed by atoms with Crippen LogP contribution in [0.4, 0.5) is 5.69 Å². The summed E-state index contributed by atoms with van der Waals surface area (Å²) < 4.78 is 10.5. The number of halogens is 2. The summed E-state index contributed by atoms with van der Waals surface area (Å²) in [6.07, 6.45) is 0.256. The third-order valence-corrected chi connectivity index (χ3v) is 6.74. The zero-order valence-electron chi connectivity index (χ0n) is 19.5. The van der Waals surface area contributed by atoms with Gasteiger partial charge in [-0.3, -0.25) is 4.79 Å². The Morgan fingerprint density at radius 1 is 0.833 bits per heavy atom. The zero-order chi connectivity index (χ0) is 25.5. The number of thioether (sulfide) groups is 1. The lowest BCUT2D eigenvalue weighted by molar-refractivity contribution is -0.115. The molecule has 0 aliphatic heterocycles. The maximum absolute atomic E-state index is 12.4. The largest absolute Gasteiger partial charge is 0.497 e. The Kier molecular flexibility index (Phi) is 8.64. The minimum Gasteiger partial charge on any atom is -0.497 e. The summed E-state index contributed by atoms with van der Waals surface area (Å²) in [5, 5.41) is 12.9. The Morgan fingerprint density at radius 2 is 1.44 bits per heavy atom. The van der Waals surface area contributed by atoms with E-state index < -0.39 is 0 Å². The zero-order valence-corrected chi connectivity index (χ0v) is 21.8. The van der Waals surface area contributed by atoms with Crippen LogP contribution in [0.2, 0.25) is 10.0 Å². The number of benzene rings is 3. The van der Waals surface area contributed by atoms with E-state index in [4.69, 9.17) is 37.7 Å². The number of hydrogen-bond acceptors (Lipinski definition) is 7. The van der Waals surface area contributed by atoms with Crippen LogP contribution >= 0.6 is 35.0 Å². The SMILES string of the molecule is COc1ccc(-c2nnc(SCCC(=O)Nc3ccc(Cl)c(Cl)c3)nc2-c2ccc(OC)cc2)cc1. The van der Waals surface area contributed by atoms with Gasteiger partial charge in [-0.05, 0) is 66.7 Å². The molecule has 10 heteroatoms. The summed E-state index contributed by atoms with van der Waals surface area (Å²) in [4.78, 5) is 17.1. The fourth-order valence-electron chi connectivity index (χ4n) is 3.30. The molecule has 7 nitrogen and oxygen atoms in total. The van der Waals surface area contributed by atoms with Crippen molar-refractivity contribution >= 4 is 46.6 Å². The molecule has 1 aromatic heterocycles. The average molecular weight is 541 g/mol. The molecule has 4 aromatic rings. The van der Waals surface area contributed by atoms with Gasteiger partial charge >= 0.3 is 0 Å². The molecule has 184 valence electrons. The van der Waals surface area contributed by atoms with E-state index in [1.165, 1.54) is 11.8 Å². The molecule has 36 heavy (non-hydrogen) atoms. The van der Waals surface area contributed by atoms with Crippen molar-refractivity contribution in [1.82, 2.24) is 15.2 Å².